The molecular weight excluding hydrogens is 392 g/mol. The van der Waals surface area contributed by atoms with Crippen molar-refractivity contribution < 1.29 is 14.3 Å². The molecule has 0 bridgehead atoms. The molecule has 0 saturated carbocycles. The van der Waals surface area contributed by atoms with E-state index in [0.29, 0.717) is 25.1 Å². The van der Waals surface area contributed by atoms with E-state index in [-0.39, 0.29) is 24.0 Å². The van der Waals surface area contributed by atoms with E-state index in [1.165, 1.54) is 0 Å². The molecular formula is C24H30N4O3. The van der Waals surface area contributed by atoms with E-state index in [9.17, 15) is 9.59 Å². The van der Waals surface area contributed by atoms with Gasteiger partial charge in [-0.3, -0.25) is 9.59 Å². The number of morpholine rings is 1. The minimum absolute atomic E-state index is 0.0850. The molecule has 2 fully saturated rings. The number of pyridine rings is 1. The molecule has 2 aromatic rings. The van der Waals surface area contributed by atoms with Crippen LogP contribution < -0.4 is 10.2 Å². The van der Waals surface area contributed by atoms with Crippen LogP contribution in [0, 0.1) is 0 Å². The van der Waals surface area contributed by atoms with Gasteiger partial charge < -0.3 is 19.9 Å². The average Bonchev–Trinajstić information content (AvgIpc) is 3.27. The Balaban J connectivity index is 1.33. The van der Waals surface area contributed by atoms with Gasteiger partial charge in [-0.1, -0.05) is 24.3 Å². The topological polar surface area (TPSA) is 74.8 Å². The number of anilines is 1. The van der Waals surface area contributed by atoms with Crippen LogP contribution in [0.4, 0.5) is 5.82 Å². The van der Waals surface area contributed by atoms with E-state index in [4.69, 9.17) is 4.74 Å². The second-order valence-corrected chi connectivity index (χ2v) is 8.43. The van der Waals surface area contributed by atoms with Crippen molar-refractivity contribution in [3.05, 3.63) is 59.8 Å². The smallest absolute Gasteiger partial charge is 0.254 e. The number of hydrogen-bond donors (Lipinski definition) is 1. The molecule has 0 aliphatic carbocycles. The number of likely N-dealkylation sites (tertiary alicyclic amines) is 1. The van der Waals surface area contributed by atoms with E-state index in [1.807, 2.05) is 36.5 Å². The SMILES string of the molecule is CC1CN(c2ccc(CNC(=O)C3CCCN3C(=O)c3ccccc3)cn2)CC(C)O1. The highest BCUT2D eigenvalue weighted by Crippen LogP contribution is 2.21. The maximum absolute atomic E-state index is 12.8. The molecule has 1 N–H and O–H groups in total. The van der Waals surface area contributed by atoms with Gasteiger partial charge in [0.1, 0.15) is 11.9 Å². The number of nitrogens with one attached hydrogen (secondary N) is 1. The molecule has 3 unspecified atom stereocenters. The van der Waals surface area contributed by atoms with Crippen LogP contribution in [0.5, 0.6) is 0 Å². The first-order valence-corrected chi connectivity index (χ1v) is 11.0. The van der Waals surface area contributed by atoms with Gasteiger partial charge >= 0.3 is 0 Å². The Morgan fingerprint density at radius 3 is 2.52 bits per heavy atom. The van der Waals surface area contributed by atoms with E-state index >= 15 is 0 Å². The van der Waals surface area contributed by atoms with E-state index in [0.717, 1.165) is 30.9 Å². The summed E-state index contributed by atoms with van der Waals surface area (Å²) in [5.74, 6) is 0.729. The lowest BCUT2D eigenvalue weighted by atomic mass is 10.1. The molecule has 31 heavy (non-hydrogen) atoms. The highest BCUT2D eigenvalue weighted by Gasteiger charge is 2.34. The van der Waals surface area contributed by atoms with Crippen molar-refractivity contribution in [3.63, 3.8) is 0 Å². The summed E-state index contributed by atoms with van der Waals surface area (Å²) in [5.41, 5.74) is 1.55. The third-order valence-corrected chi connectivity index (χ3v) is 5.86. The van der Waals surface area contributed by atoms with E-state index in [2.05, 4.69) is 29.0 Å². The molecule has 3 heterocycles. The maximum atomic E-state index is 12.8. The van der Waals surface area contributed by atoms with Crippen LogP contribution in [0.3, 0.4) is 0 Å². The summed E-state index contributed by atoms with van der Waals surface area (Å²) >= 11 is 0. The molecule has 164 valence electrons. The van der Waals surface area contributed by atoms with Crippen molar-refractivity contribution in [3.8, 4) is 0 Å². The van der Waals surface area contributed by atoms with Gasteiger partial charge in [0, 0.05) is 37.9 Å². The zero-order chi connectivity index (χ0) is 21.8. The molecule has 2 aliphatic heterocycles. The zero-order valence-electron chi connectivity index (χ0n) is 18.2. The lowest BCUT2D eigenvalue weighted by Gasteiger charge is -2.36. The molecule has 0 radical (unpaired) electrons. The van der Waals surface area contributed by atoms with Crippen molar-refractivity contribution in [2.75, 3.05) is 24.5 Å². The molecule has 2 amide bonds. The van der Waals surface area contributed by atoms with Crippen molar-refractivity contribution in [2.45, 2.75) is 51.5 Å². The molecule has 0 spiro atoms. The predicted molar refractivity (Wildman–Crippen MR) is 119 cm³/mol. The number of aromatic nitrogens is 1. The largest absolute Gasteiger partial charge is 0.372 e. The molecule has 7 heteroatoms. The Kier molecular flexibility index (Phi) is 6.51. The first kappa shape index (κ1) is 21.3. The molecule has 1 aromatic heterocycles. The monoisotopic (exact) mass is 422 g/mol. The second-order valence-electron chi connectivity index (χ2n) is 8.43. The summed E-state index contributed by atoms with van der Waals surface area (Å²) in [6.45, 7) is 6.79. The fourth-order valence-corrected chi connectivity index (χ4v) is 4.41. The predicted octanol–water partition coefficient (Wildman–Crippen LogP) is 2.62. The van der Waals surface area contributed by atoms with Crippen LogP contribution in [0.15, 0.2) is 48.7 Å². The average molecular weight is 423 g/mol. The number of amides is 2. The second kappa shape index (κ2) is 9.47. The molecule has 7 nitrogen and oxygen atoms in total. The minimum Gasteiger partial charge on any atom is -0.372 e. The third-order valence-electron chi connectivity index (χ3n) is 5.86. The molecule has 3 atom stereocenters. The Morgan fingerprint density at radius 1 is 1.10 bits per heavy atom. The normalized spacial score (nSPS) is 23.6. The van der Waals surface area contributed by atoms with E-state index < -0.39 is 6.04 Å². The van der Waals surface area contributed by atoms with Crippen LogP contribution in [-0.2, 0) is 16.1 Å². The third kappa shape index (κ3) is 5.05. The highest BCUT2D eigenvalue weighted by atomic mass is 16.5. The van der Waals surface area contributed by atoms with Crippen LogP contribution in [-0.4, -0.2) is 59.6 Å². The van der Waals surface area contributed by atoms with Gasteiger partial charge in [0.25, 0.3) is 5.91 Å². The summed E-state index contributed by atoms with van der Waals surface area (Å²) in [7, 11) is 0. The van der Waals surface area contributed by atoms with Gasteiger partial charge in [0.15, 0.2) is 0 Å². The Hall–Kier alpha value is -2.93. The minimum atomic E-state index is -0.420. The number of carbonyl (C=O) groups is 2. The highest BCUT2D eigenvalue weighted by molar-refractivity contribution is 5.97. The standard InChI is InChI=1S/C24H30N4O3/c1-17-15-27(16-18(2)31-17)22-11-10-19(13-25-22)14-26-23(29)21-9-6-12-28(21)24(30)20-7-4-3-5-8-20/h3-5,7-8,10-11,13,17-18,21H,6,9,12,14-16H2,1-2H3,(H,26,29). The van der Waals surface area contributed by atoms with Crippen LogP contribution >= 0.6 is 0 Å². The fourth-order valence-electron chi connectivity index (χ4n) is 4.41. The van der Waals surface area contributed by atoms with Crippen molar-refractivity contribution in [1.82, 2.24) is 15.2 Å². The van der Waals surface area contributed by atoms with Gasteiger partial charge in [-0.25, -0.2) is 4.98 Å². The molecule has 2 saturated heterocycles. The Morgan fingerprint density at radius 2 is 1.84 bits per heavy atom. The number of ether oxygens (including phenoxy) is 1. The first-order chi connectivity index (χ1) is 15.0. The fraction of sp³-hybridized carbons (Fsp3) is 0.458. The van der Waals surface area contributed by atoms with Gasteiger partial charge in [-0.2, -0.15) is 0 Å². The van der Waals surface area contributed by atoms with Crippen LogP contribution in [0.25, 0.3) is 0 Å². The Labute approximate surface area is 183 Å². The van der Waals surface area contributed by atoms with Crippen LogP contribution in [0.1, 0.15) is 42.6 Å². The quantitative estimate of drug-likeness (QED) is 0.802. The first-order valence-electron chi connectivity index (χ1n) is 11.0. The van der Waals surface area contributed by atoms with Crippen molar-refractivity contribution in [1.29, 1.82) is 0 Å². The number of hydrogen-bond acceptors (Lipinski definition) is 5. The summed E-state index contributed by atoms with van der Waals surface area (Å²) in [4.78, 5) is 34.1. The number of rotatable bonds is 5. The lowest BCUT2D eigenvalue weighted by molar-refractivity contribution is -0.125. The lowest BCUT2D eigenvalue weighted by Crippen LogP contribution is -2.46. The maximum Gasteiger partial charge on any atom is 0.254 e. The van der Waals surface area contributed by atoms with Gasteiger partial charge in [0.05, 0.1) is 12.2 Å². The molecule has 4 rings (SSSR count). The number of nitrogens with zero attached hydrogens (tertiary/aromatic N) is 3. The number of benzene rings is 1. The van der Waals surface area contributed by atoms with Crippen LogP contribution in [0.2, 0.25) is 0 Å². The Bertz CT molecular complexity index is 893. The number of carbonyl (C=O) groups excluding carboxylic acids is 2. The van der Waals surface area contributed by atoms with E-state index in [1.54, 1.807) is 17.0 Å². The van der Waals surface area contributed by atoms with Gasteiger partial charge in [-0.15, -0.1) is 0 Å². The molecule has 1 aromatic carbocycles. The van der Waals surface area contributed by atoms with Crippen molar-refractivity contribution in [2.24, 2.45) is 0 Å². The summed E-state index contributed by atoms with van der Waals surface area (Å²) in [6, 6.07) is 12.7. The van der Waals surface area contributed by atoms with Gasteiger partial charge in [0.2, 0.25) is 5.91 Å². The zero-order valence-corrected chi connectivity index (χ0v) is 18.2. The summed E-state index contributed by atoms with van der Waals surface area (Å²) in [5, 5.41) is 2.98. The summed E-state index contributed by atoms with van der Waals surface area (Å²) < 4.78 is 5.78. The molecule has 2 aliphatic rings. The summed E-state index contributed by atoms with van der Waals surface area (Å²) in [6.07, 6.45) is 3.69. The van der Waals surface area contributed by atoms with Crippen molar-refractivity contribution >= 4 is 17.6 Å². The van der Waals surface area contributed by atoms with Gasteiger partial charge in [-0.05, 0) is 50.5 Å².